The Hall–Kier alpha value is -3.82. The van der Waals surface area contributed by atoms with Crippen molar-refractivity contribution >= 4 is 38.3 Å². The van der Waals surface area contributed by atoms with E-state index in [1.165, 1.54) is 24.6 Å². The Labute approximate surface area is 204 Å². The fourth-order valence-electron chi connectivity index (χ4n) is 3.65. The number of amides is 1. The van der Waals surface area contributed by atoms with Gasteiger partial charge >= 0.3 is 0 Å². The fourth-order valence-corrected chi connectivity index (χ4v) is 4.63. The highest BCUT2D eigenvalue weighted by atomic mass is 32.2. The number of nitrogens with zero attached hydrogens (tertiary/aromatic N) is 2. The van der Waals surface area contributed by atoms with Crippen LogP contribution >= 0.6 is 0 Å². The number of nitrogens with one attached hydrogen (secondary N) is 3. The van der Waals surface area contributed by atoms with Crippen molar-refractivity contribution < 1.29 is 13.2 Å². The molecule has 1 aromatic heterocycles. The molecule has 3 aromatic carbocycles. The minimum absolute atomic E-state index is 0.0562. The molecule has 1 heterocycles. The van der Waals surface area contributed by atoms with E-state index < -0.39 is 10.0 Å². The minimum atomic E-state index is -3.78. The third-order valence-corrected chi connectivity index (χ3v) is 6.75. The molecule has 0 radical (unpaired) electrons. The topological polar surface area (TPSA) is 113 Å². The molecule has 1 amide bonds. The third kappa shape index (κ3) is 6.62. The molecular weight excluding hydrogens is 462 g/mol. The first kappa shape index (κ1) is 24.3. The van der Waals surface area contributed by atoms with Crippen LogP contribution in [0.1, 0.15) is 24.7 Å². The first-order valence-corrected chi connectivity index (χ1v) is 12.8. The lowest BCUT2D eigenvalue weighted by Gasteiger charge is -2.12. The van der Waals surface area contributed by atoms with Crippen LogP contribution in [0.15, 0.2) is 83.8 Å². The van der Waals surface area contributed by atoms with Gasteiger partial charge in [-0.2, -0.15) is 0 Å². The van der Waals surface area contributed by atoms with E-state index in [0.29, 0.717) is 17.3 Å². The van der Waals surface area contributed by atoms with Crippen molar-refractivity contribution in [3.63, 3.8) is 0 Å². The SMILES string of the molecule is CC(=O)Nc1ccc(S(=O)(=O)NCc2nc(NCCCc3ccccc3)c3ccccc3n2)cc1. The predicted molar refractivity (Wildman–Crippen MR) is 138 cm³/mol. The molecular formula is C26H27N5O3S. The second-order valence-corrected chi connectivity index (χ2v) is 9.82. The zero-order chi connectivity index (χ0) is 24.7. The zero-order valence-corrected chi connectivity index (χ0v) is 20.2. The zero-order valence-electron chi connectivity index (χ0n) is 19.4. The van der Waals surface area contributed by atoms with Gasteiger partial charge in [0.15, 0.2) is 0 Å². The van der Waals surface area contributed by atoms with Gasteiger partial charge in [0.2, 0.25) is 15.9 Å². The maximum absolute atomic E-state index is 12.8. The van der Waals surface area contributed by atoms with Gasteiger partial charge in [0, 0.05) is 24.5 Å². The molecule has 8 nitrogen and oxygen atoms in total. The number of hydrogen-bond acceptors (Lipinski definition) is 6. The molecule has 4 aromatic rings. The lowest BCUT2D eigenvalue weighted by atomic mass is 10.1. The summed E-state index contributed by atoms with van der Waals surface area (Å²) in [7, 11) is -3.78. The summed E-state index contributed by atoms with van der Waals surface area (Å²) in [6.07, 6.45) is 1.88. The largest absolute Gasteiger partial charge is 0.369 e. The summed E-state index contributed by atoms with van der Waals surface area (Å²) < 4.78 is 28.1. The molecule has 0 spiro atoms. The third-order valence-electron chi connectivity index (χ3n) is 5.33. The van der Waals surface area contributed by atoms with E-state index in [2.05, 4.69) is 37.5 Å². The van der Waals surface area contributed by atoms with Crippen molar-refractivity contribution in [1.82, 2.24) is 14.7 Å². The number of para-hydroxylation sites is 1. The first-order chi connectivity index (χ1) is 16.9. The summed E-state index contributed by atoms with van der Waals surface area (Å²) in [5, 5.41) is 6.88. The average Bonchev–Trinajstić information content (AvgIpc) is 2.86. The maximum atomic E-state index is 12.8. The van der Waals surface area contributed by atoms with Crippen molar-refractivity contribution in [2.75, 3.05) is 17.2 Å². The van der Waals surface area contributed by atoms with Gasteiger partial charge in [-0.3, -0.25) is 4.79 Å². The summed E-state index contributed by atoms with van der Waals surface area (Å²) in [6, 6.07) is 23.9. The lowest BCUT2D eigenvalue weighted by molar-refractivity contribution is -0.114. The van der Waals surface area contributed by atoms with E-state index in [9.17, 15) is 13.2 Å². The van der Waals surface area contributed by atoms with Gasteiger partial charge in [0.1, 0.15) is 11.6 Å². The van der Waals surface area contributed by atoms with E-state index in [-0.39, 0.29) is 17.3 Å². The van der Waals surface area contributed by atoms with Gasteiger partial charge in [-0.25, -0.2) is 23.1 Å². The molecule has 0 aliphatic heterocycles. The summed E-state index contributed by atoms with van der Waals surface area (Å²) in [4.78, 5) is 20.4. The van der Waals surface area contributed by atoms with E-state index >= 15 is 0 Å². The molecule has 180 valence electrons. The highest BCUT2D eigenvalue weighted by molar-refractivity contribution is 7.89. The number of carbonyl (C=O) groups is 1. The summed E-state index contributed by atoms with van der Waals surface area (Å²) >= 11 is 0. The van der Waals surface area contributed by atoms with E-state index in [0.717, 1.165) is 30.3 Å². The normalized spacial score (nSPS) is 11.3. The van der Waals surface area contributed by atoms with Crippen LogP contribution in [0, 0.1) is 0 Å². The summed E-state index contributed by atoms with van der Waals surface area (Å²) in [6.45, 7) is 2.06. The number of benzene rings is 3. The highest BCUT2D eigenvalue weighted by Crippen LogP contribution is 2.21. The molecule has 0 bridgehead atoms. The van der Waals surface area contributed by atoms with Crippen LogP contribution in [0.4, 0.5) is 11.5 Å². The second-order valence-electron chi connectivity index (χ2n) is 8.05. The number of rotatable bonds is 10. The summed E-state index contributed by atoms with van der Waals surface area (Å²) in [5.41, 5.74) is 2.54. The number of sulfonamides is 1. The van der Waals surface area contributed by atoms with Crippen molar-refractivity contribution in [2.45, 2.75) is 31.2 Å². The molecule has 0 saturated heterocycles. The number of aryl methyl sites for hydroxylation is 1. The van der Waals surface area contributed by atoms with Gasteiger partial charge in [-0.1, -0.05) is 42.5 Å². The van der Waals surface area contributed by atoms with Gasteiger partial charge < -0.3 is 10.6 Å². The lowest BCUT2D eigenvalue weighted by Crippen LogP contribution is -2.24. The molecule has 0 aliphatic rings. The number of hydrogen-bond donors (Lipinski definition) is 3. The van der Waals surface area contributed by atoms with Crippen LogP contribution in [-0.2, 0) is 27.8 Å². The quantitative estimate of drug-likeness (QED) is 0.289. The average molecular weight is 490 g/mol. The van der Waals surface area contributed by atoms with Crippen LogP contribution < -0.4 is 15.4 Å². The van der Waals surface area contributed by atoms with E-state index in [1.54, 1.807) is 12.1 Å². The van der Waals surface area contributed by atoms with Gasteiger partial charge in [-0.15, -0.1) is 0 Å². The molecule has 0 unspecified atom stereocenters. The van der Waals surface area contributed by atoms with Crippen molar-refractivity contribution in [2.24, 2.45) is 0 Å². The Morgan fingerprint density at radius 1 is 0.886 bits per heavy atom. The van der Waals surface area contributed by atoms with Crippen LogP contribution in [0.25, 0.3) is 10.9 Å². The Balaban J connectivity index is 1.44. The molecule has 4 rings (SSSR count). The molecule has 0 saturated carbocycles. The second kappa shape index (κ2) is 11.1. The van der Waals surface area contributed by atoms with Gasteiger partial charge in [0.05, 0.1) is 17.0 Å². The molecule has 0 aliphatic carbocycles. The van der Waals surface area contributed by atoms with Crippen LogP contribution in [0.2, 0.25) is 0 Å². The van der Waals surface area contributed by atoms with Crippen LogP contribution in [0.3, 0.4) is 0 Å². The molecule has 35 heavy (non-hydrogen) atoms. The summed E-state index contributed by atoms with van der Waals surface area (Å²) in [5.74, 6) is 0.821. The predicted octanol–water partition coefficient (Wildman–Crippen LogP) is 4.11. The Kier molecular flexibility index (Phi) is 7.69. The molecule has 3 N–H and O–H groups in total. The van der Waals surface area contributed by atoms with Crippen LogP contribution in [-0.4, -0.2) is 30.8 Å². The monoisotopic (exact) mass is 489 g/mol. The van der Waals surface area contributed by atoms with Crippen molar-refractivity contribution in [3.05, 3.63) is 90.3 Å². The van der Waals surface area contributed by atoms with Crippen LogP contribution in [0.5, 0.6) is 0 Å². The maximum Gasteiger partial charge on any atom is 0.240 e. The molecule has 9 heteroatoms. The molecule has 0 fully saturated rings. The standard InChI is InChI=1S/C26H27N5O3S/c1-19(32)29-21-13-15-22(16-14-21)35(33,34)28-18-25-30-24-12-6-5-11-23(24)26(31-25)27-17-7-10-20-8-3-2-4-9-20/h2-6,8-9,11-16,28H,7,10,17-18H2,1H3,(H,29,32)(H,27,30,31). The number of fused-ring (bicyclic) bond motifs is 1. The number of anilines is 2. The Morgan fingerprint density at radius 3 is 2.34 bits per heavy atom. The molecule has 0 atom stereocenters. The first-order valence-electron chi connectivity index (χ1n) is 11.3. The van der Waals surface area contributed by atoms with E-state index in [1.807, 2.05) is 42.5 Å². The van der Waals surface area contributed by atoms with Crippen molar-refractivity contribution in [1.29, 1.82) is 0 Å². The van der Waals surface area contributed by atoms with Gasteiger partial charge in [0.25, 0.3) is 0 Å². The minimum Gasteiger partial charge on any atom is -0.369 e. The Bertz CT molecular complexity index is 1410. The smallest absolute Gasteiger partial charge is 0.240 e. The van der Waals surface area contributed by atoms with Crippen molar-refractivity contribution in [3.8, 4) is 0 Å². The fraction of sp³-hybridized carbons (Fsp3) is 0.192. The van der Waals surface area contributed by atoms with E-state index in [4.69, 9.17) is 0 Å². The Morgan fingerprint density at radius 2 is 1.60 bits per heavy atom. The number of carbonyl (C=O) groups excluding carboxylic acids is 1. The van der Waals surface area contributed by atoms with Gasteiger partial charge in [-0.05, 0) is 54.8 Å². The highest BCUT2D eigenvalue weighted by Gasteiger charge is 2.16. The number of aromatic nitrogens is 2.